The van der Waals surface area contributed by atoms with Gasteiger partial charge < -0.3 is 4.90 Å². The predicted octanol–water partition coefficient (Wildman–Crippen LogP) is 16.0. The Hall–Kier alpha value is -7.27. The van der Waals surface area contributed by atoms with Crippen LogP contribution < -0.4 is 4.90 Å². The number of hydrogen-bond acceptors (Lipinski definition) is 3. The van der Waals surface area contributed by atoms with Crippen LogP contribution in [0.15, 0.2) is 193 Å². The van der Waals surface area contributed by atoms with Gasteiger partial charge in [0.05, 0.1) is 16.7 Å². The van der Waals surface area contributed by atoms with E-state index in [0.29, 0.717) is 0 Å². The first-order valence-corrected chi connectivity index (χ1v) is 22.5. The van der Waals surface area contributed by atoms with Crippen molar-refractivity contribution in [1.82, 2.24) is 9.55 Å². The normalized spacial score (nSPS) is 13.6. The van der Waals surface area contributed by atoms with E-state index in [1.165, 1.54) is 71.3 Å². The maximum absolute atomic E-state index is 5.32. The molecule has 0 radical (unpaired) electrons. The van der Waals surface area contributed by atoms with Crippen LogP contribution >= 0.6 is 11.3 Å². The SMILES string of the molecule is CC1(C)c2ccccc2-c2ccc(-c3ccc(N(c4ccc(-c5csc6ccccc56)cc4)c4ccc(-c5nc6ccccc6n5-c5ccccc5)c5c4C=CCC5)cc3)cc21. The van der Waals surface area contributed by atoms with Crippen molar-refractivity contribution in [2.45, 2.75) is 32.1 Å². The fraction of sp³-hybridized carbons (Fsp3) is 0.0862. The summed E-state index contributed by atoms with van der Waals surface area (Å²) in [4.78, 5) is 7.77. The van der Waals surface area contributed by atoms with E-state index in [4.69, 9.17) is 4.98 Å². The molecule has 296 valence electrons. The number of aromatic nitrogens is 2. The molecule has 0 bridgehead atoms. The Morgan fingerprint density at radius 3 is 2.10 bits per heavy atom. The van der Waals surface area contributed by atoms with E-state index in [1.54, 1.807) is 11.3 Å². The van der Waals surface area contributed by atoms with Crippen molar-refractivity contribution in [1.29, 1.82) is 0 Å². The van der Waals surface area contributed by atoms with Crippen molar-refractivity contribution >= 4 is 55.6 Å². The molecule has 0 saturated carbocycles. The van der Waals surface area contributed by atoms with Gasteiger partial charge in [-0.1, -0.05) is 135 Å². The minimum Gasteiger partial charge on any atom is -0.310 e. The Morgan fingerprint density at radius 2 is 1.26 bits per heavy atom. The van der Waals surface area contributed by atoms with Crippen LogP contribution in [-0.2, 0) is 11.8 Å². The molecule has 0 amide bonds. The molecule has 2 aliphatic rings. The van der Waals surface area contributed by atoms with Crippen molar-refractivity contribution < 1.29 is 0 Å². The summed E-state index contributed by atoms with van der Waals surface area (Å²) in [5.74, 6) is 0.972. The topological polar surface area (TPSA) is 21.1 Å². The highest BCUT2D eigenvalue weighted by Crippen LogP contribution is 2.50. The number of thiophene rings is 1. The molecule has 3 nitrogen and oxygen atoms in total. The third-order valence-electron chi connectivity index (χ3n) is 13.2. The van der Waals surface area contributed by atoms with Gasteiger partial charge in [-0.05, 0) is 136 Å². The first kappa shape index (κ1) is 36.6. The second kappa shape index (κ2) is 14.4. The van der Waals surface area contributed by atoms with E-state index >= 15 is 0 Å². The standard InChI is InChI=1S/C58H43N3S/c1-58(2)51-20-10-8-17-45(51)46-33-28-40(36-52(46)58)38-24-29-42(30-25-38)60(43-31-26-39(27-32-43)50-37-62-56-23-13-9-19-48(50)56)54-35-34-49(44-16-6-7-18-47(44)54)57-59-53-21-11-12-22-55(53)61(57)41-14-4-3-5-15-41/h3-5,7-15,17-37H,6,16H2,1-2H3. The number of rotatable bonds is 7. The Balaban J connectivity index is 0.995. The Kier molecular flexibility index (Phi) is 8.51. The lowest BCUT2D eigenvalue weighted by Gasteiger charge is -2.30. The van der Waals surface area contributed by atoms with Gasteiger partial charge in [-0.15, -0.1) is 11.3 Å². The second-order valence-electron chi connectivity index (χ2n) is 17.1. The molecule has 0 saturated heterocycles. The van der Waals surface area contributed by atoms with Crippen LogP contribution in [0.5, 0.6) is 0 Å². The van der Waals surface area contributed by atoms with Gasteiger partial charge in [0, 0.05) is 49.3 Å². The molecule has 8 aromatic carbocycles. The highest BCUT2D eigenvalue weighted by atomic mass is 32.1. The molecular formula is C58H43N3S. The highest BCUT2D eigenvalue weighted by Gasteiger charge is 2.35. The van der Waals surface area contributed by atoms with Gasteiger partial charge in [-0.3, -0.25) is 4.57 Å². The number of anilines is 3. The quantitative estimate of drug-likeness (QED) is 0.160. The number of benzene rings is 8. The smallest absolute Gasteiger partial charge is 0.146 e. The zero-order valence-corrected chi connectivity index (χ0v) is 35.5. The van der Waals surface area contributed by atoms with Gasteiger partial charge in [0.15, 0.2) is 0 Å². The lowest BCUT2D eigenvalue weighted by Crippen LogP contribution is -2.15. The molecular weight excluding hydrogens is 771 g/mol. The van der Waals surface area contributed by atoms with Crippen LogP contribution in [0.25, 0.3) is 77.7 Å². The molecule has 2 aliphatic carbocycles. The number of nitrogens with zero attached hydrogens (tertiary/aromatic N) is 3. The molecule has 2 heterocycles. The Bertz CT molecular complexity index is 3370. The van der Waals surface area contributed by atoms with Crippen molar-refractivity contribution in [2.24, 2.45) is 0 Å². The summed E-state index contributed by atoms with van der Waals surface area (Å²) >= 11 is 1.81. The van der Waals surface area contributed by atoms with E-state index in [9.17, 15) is 0 Å². The molecule has 12 rings (SSSR count). The average Bonchev–Trinajstić information content (AvgIpc) is 4.00. The van der Waals surface area contributed by atoms with Crippen LogP contribution in [0.2, 0.25) is 0 Å². The maximum Gasteiger partial charge on any atom is 0.146 e. The zero-order chi connectivity index (χ0) is 41.4. The molecule has 0 fully saturated rings. The van der Waals surface area contributed by atoms with Gasteiger partial charge in [0.2, 0.25) is 0 Å². The lowest BCUT2D eigenvalue weighted by molar-refractivity contribution is 0.660. The summed E-state index contributed by atoms with van der Waals surface area (Å²) in [6, 6.07) is 66.7. The summed E-state index contributed by atoms with van der Waals surface area (Å²) in [6.07, 6.45) is 6.58. The summed E-state index contributed by atoms with van der Waals surface area (Å²) in [6.45, 7) is 4.71. The molecule has 10 aromatic rings. The third kappa shape index (κ3) is 5.82. The van der Waals surface area contributed by atoms with E-state index in [1.807, 2.05) is 0 Å². The largest absolute Gasteiger partial charge is 0.310 e. The minimum absolute atomic E-state index is 0.0517. The Morgan fingerprint density at radius 1 is 0.581 bits per heavy atom. The van der Waals surface area contributed by atoms with E-state index in [2.05, 4.69) is 223 Å². The number of hydrogen-bond donors (Lipinski definition) is 0. The maximum atomic E-state index is 5.32. The van der Waals surface area contributed by atoms with Crippen LogP contribution in [0.3, 0.4) is 0 Å². The van der Waals surface area contributed by atoms with Crippen molar-refractivity contribution in [3.8, 4) is 50.5 Å². The average molecular weight is 814 g/mol. The van der Waals surface area contributed by atoms with E-state index in [-0.39, 0.29) is 5.41 Å². The van der Waals surface area contributed by atoms with Crippen LogP contribution in [0.4, 0.5) is 17.1 Å². The van der Waals surface area contributed by atoms with Crippen molar-refractivity contribution in [3.05, 3.63) is 216 Å². The molecule has 0 spiro atoms. The molecule has 62 heavy (non-hydrogen) atoms. The van der Waals surface area contributed by atoms with Gasteiger partial charge >= 0.3 is 0 Å². The molecule has 0 N–H and O–H groups in total. The van der Waals surface area contributed by atoms with Crippen molar-refractivity contribution in [2.75, 3.05) is 4.90 Å². The molecule has 0 aliphatic heterocycles. The van der Waals surface area contributed by atoms with Gasteiger partial charge in [0.25, 0.3) is 0 Å². The number of para-hydroxylation sites is 3. The fourth-order valence-electron chi connectivity index (χ4n) is 10.1. The molecule has 4 heteroatoms. The summed E-state index contributed by atoms with van der Waals surface area (Å²) in [7, 11) is 0. The van der Waals surface area contributed by atoms with Crippen LogP contribution in [0.1, 0.15) is 42.5 Å². The zero-order valence-electron chi connectivity index (χ0n) is 34.7. The third-order valence-corrected chi connectivity index (χ3v) is 14.2. The minimum atomic E-state index is -0.0517. The van der Waals surface area contributed by atoms with Crippen molar-refractivity contribution in [3.63, 3.8) is 0 Å². The molecule has 0 atom stereocenters. The van der Waals surface area contributed by atoms with Crippen LogP contribution in [0, 0.1) is 0 Å². The first-order chi connectivity index (χ1) is 30.5. The fourth-order valence-corrected chi connectivity index (χ4v) is 11.1. The lowest BCUT2D eigenvalue weighted by atomic mass is 9.81. The van der Waals surface area contributed by atoms with E-state index in [0.717, 1.165) is 52.4 Å². The van der Waals surface area contributed by atoms with Gasteiger partial charge in [-0.25, -0.2) is 4.98 Å². The monoisotopic (exact) mass is 813 g/mol. The number of fused-ring (bicyclic) bond motifs is 6. The summed E-state index contributed by atoms with van der Waals surface area (Å²) in [5, 5.41) is 3.59. The predicted molar refractivity (Wildman–Crippen MR) is 262 cm³/mol. The second-order valence-corrected chi connectivity index (χ2v) is 18.0. The van der Waals surface area contributed by atoms with E-state index < -0.39 is 0 Å². The number of allylic oxidation sites excluding steroid dienone is 1. The number of imidazole rings is 1. The Labute approximate surface area is 366 Å². The first-order valence-electron chi connectivity index (χ1n) is 21.6. The van der Waals surface area contributed by atoms with Crippen LogP contribution in [-0.4, -0.2) is 9.55 Å². The summed E-state index contributed by atoms with van der Waals surface area (Å²) in [5.41, 5.74) is 20.7. The highest BCUT2D eigenvalue weighted by molar-refractivity contribution is 7.17. The van der Waals surface area contributed by atoms with Gasteiger partial charge in [-0.2, -0.15) is 0 Å². The summed E-state index contributed by atoms with van der Waals surface area (Å²) < 4.78 is 3.63. The molecule has 2 aromatic heterocycles. The van der Waals surface area contributed by atoms with Gasteiger partial charge in [0.1, 0.15) is 5.82 Å². The molecule has 0 unspecified atom stereocenters.